The standard InChI is InChI=1S/C38H44O9/c1-20(2)10-9-14-36(8)18-26(40)28-31(42)29-30(41)25-16-23-17-27-35(6,7)47-37(34(23)43,15-13-22(5)44-19-39)38(25,27)46-33(29)24(32(28)45-36)12-11-21(3)4/h10-11,13,16,18-19,23,27,40,42H,9,12,14-15,17H2,1-8H3/b22-13-/t23-,27?,36-,37?,38-/m1/s1. The molecule has 0 amide bonds. The van der Waals surface area contributed by atoms with Gasteiger partial charge in [0.05, 0.1) is 5.60 Å². The second kappa shape index (κ2) is 11.0. The normalized spacial score (nSPS) is 30.9. The number of aliphatic hydroxyl groups excluding tert-OH is 1. The summed E-state index contributed by atoms with van der Waals surface area (Å²) >= 11 is 0. The summed E-state index contributed by atoms with van der Waals surface area (Å²) < 4.78 is 25.6. The summed E-state index contributed by atoms with van der Waals surface area (Å²) in [6.45, 7) is 15.6. The average Bonchev–Trinajstić information content (AvgIpc) is 3.12. The number of ether oxygens (including phenoxy) is 4. The van der Waals surface area contributed by atoms with E-state index in [0.29, 0.717) is 31.3 Å². The fourth-order valence-corrected chi connectivity index (χ4v) is 8.34. The highest BCUT2D eigenvalue weighted by atomic mass is 16.6. The first-order valence-electron chi connectivity index (χ1n) is 16.3. The molecule has 1 saturated carbocycles. The summed E-state index contributed by atoms with van der Waals surface area (Å²) in [6.07, 6.45) is 10.9. The zero-order valence-corrected chi connectivity index (χ0v) is 28.4. The maximum Gasteiger partial charge on any atom is 0.298 e. The van der Waals surface area contributed by atoms with Gasteiger partial charge in [-0.25, -0.2) is 0 Å². The number of benzene rings is 1. The van der Waals surface area contributed by atoms with E-state index in [2.05, 4.69) is 6.08 Å². The molecule has 9 nitrogen and oxygen atoms in total. The number of fused-ring (bicyclic) bond motifs is 2. The summed E-state index contributed by atoms with van der Waals surface area (Å²) in [4.78, 5) is 40.2. The third kappa shape index (κ3) is 4.72. The Hall–Kier alpha value is -4.11. The minimum Gasteiger partial charge on any atom is -0.507 e. The first kappa shape index (κ1) is 32.8. The Morgan fingerprint density at radius 2 is 1.66 bits per heavy atom. The molecule has 1 saturated heterocycles. The van der Waals surface area contributed by atoms with Gasteiger partial charge in [0.2, 0.25) is 0 Å². The molecule has 2 fully saturated rings. The number of aromatic hydroxyl groups is 1. The number of Topliss-reactive ketones (excluding diaryl/α,β-unsaturated/α-hetero) is 2. The van der Waals surface area contributed by atoms with Crippen LogP contribution in [0.5, 0.6) is 17.2 Å². The van der Waals surface area contributed by atoms with Crippen LogP contribution in [0.3, 0.4) is 0 Å². The maximum absolute atomic E-state index is 14.8. The number of allylic oxidation sites excluding steroid dienone is 6. The first-order valence-corrected chi connectivity index (χ1v) is 16.3. The molecule has 1 spiro atoms. The second-order valence-electron chi connectivity index (χ2n) is 14.8. The van der Waals surface area contributed by atoms with Gasteiger partial charge in [0.1, 0.15) is 45.5 Å². The van der Waals surface area contributed by atoms with Crippen LogP contribution in [0.15, 0.2) is 52.9 Å². The molecule has 0 aromatic heterocycles. The van der Waals surface area contributed by atoms with Crippen molar-refractivity contribution in [1.82, 2.24) is 0 Å². The summed E-state index contributed by atoms with van der Waals surface area (Å²) in [5, 5.41) is 23.2. The van der Waals surface area contributed by atoms with Crippen LogP contribution in [0.25, 0.3) is 5.76 Å². The van der Waals surface area contributed by atoms with Crippen molar-refractivity contribution in [3.63, 3.8) is 0 Å². The van der Waals surface area contributed by atoms with Crippen LogP contribution in [0.1, 0.15) is 103 Å². The molecule has 3 heterocycles. The number of phenolic OH excluding ortho intramolecular Hbond substituents is 1. The lowest BCUT2D eigenvalue weighted by Gasteiger charge is -2.56. The third-order valence-corrected chi connectivity index (χ3v) is 10.4. The van der Waals surface area contributed by atoms with Gasteiger partial charge in [0.15, 0.2) is 22.8 Å². The van der Waals surface area contributed by atoms with E-state index < -0.39 is 45.8 Å². The number of carbonyl (C=O) groups excluding carboxylic acids is 3. The number of hydrogen-bond donors (Lipinski definition) is 2. The van der Waals surface area contributed by atoms with Gasteiger partial charge in [-0.15, -0.1) is 0 Å². The van der Waals surface area contributed by atoms with Gasteiger partial charge in [-0.1, -0.05) is 29.4 Å². The number of aliphatic hydroxyl groups is 1. The van der Waals surface area contributed by atoms with Gasteiger partial charge in [-0.05, 0) is 87.1 Å². The van der Waals surface area contributed by atoms with Crippen molar-refractivity contribution in [2.45, 2.75) is 110 Å². The topological polar surface area (TPSA) is 129 Å². The van der Waals surface area contributed by atoms with Gasteiger partial charge in [0.25, 0.3) is 6.47 Å². The van der Waals surface area contributed by atoms with E-state index in [1.165, 1.54) is 0 Å². The SMILES string of the molecule is CC(C)=CCC[C@]1(C)C=C(O)c2c(O)c3c(c(CC=C(C)C)c2O1)O[C@]12C(=C[C@@H]4CC1C(C)(C)OC2(C/C=C(/C)OC=O)C4=O)C3=O. The minimum absolute atomic E-state index is 0.00454. The van der Waals surface area contributed by atoms with Crippen molar-refractivity contribution < 1.29 is 43.5 Å². The molecule has 6 aliphatic rings. The molecule has 3 aliphatic carbocycles. The molecule has 250 valence electrons. The highest BCUT2D eigenvalue weighted by Crippen LogP contribution is 2.68. The molecule has 2 unspecified atom stereocenters. The van der Waals surface area contributed by atoms with Gasteiger partial charge in [-0.2, -0.15) is 0 Å². The zero-order chi connectivity index (χ0) is 34.3. The molecule has 47 heavy (non-hydrogen) atoms. The lowest BCUT2D eigenvalue weighted by molar-refractivity contribution is -0.171. The predicted octanol–water partition coefficient (Wildman–Crippen LogP) is 7.17. The molecule has 5 atom stereocenters. The van der Waals surface area contributed by atoms with E-state index in [1.54, 1.807) is 25.2 Å². The number of rotatable bonds is 9. The fraction of sp³-hybridized carbons (Fsp3) is 0.500. The minimum atomic E-state index is -1.60. The van der Waals surface area contributed by atoms with Crippen molar-refractivity contribution in [1.29, 1.82) is 0 Å². The quantitative estimate of drug-likeness (QED) is 0.163. The van der Waals surface area contributed by atoms with Gasteiger partial charge >= 0.3 is 0 Å². The van der Waals surface area contributed by atoms with E-state index in [1.807, 2.05) is 54.5 Å². The molecule has 1 aromatic carbocycles. The Morgan fingerprint density at radius 1 is 0.979 bits per heavy atom. The molecule has 9 heteroatoms. The van der Waals surface area contributed by atoms with E-state index in [-0.39, 0.29) is 58.3 Å². The molecule has 4 bridgehead atoms. The molecule has 0 radical (unpaired) electrons. The molecular formula is C38H44O9. The van der Waals surface area contributed by atoms with Crippen LogP contribution in [0.4, 0.5) is 0 Å². The average molecular weight is 645 g/mol. The van der Waals surface area contributed by atoms with Crippen molar-refractivity contribution in [2.75, 3.05) is 0 Å². The van der Waals surface area contributed by atoms with Crippen LogP contribution in [0, 0.1) is 11.8 Å². The Kier molecular flexibility index (Phi) is 7.66. The molecule has 2 N–H and O–H groups in total. The monoisotopic (exact) mass is 644 g/mol. The predicted molar refractivity (Wildman–Crippen MR) is 175 cm³/mol. The van der Waals surface area contributed by atoms with Crippen LogP contribution >= 0.6 is 0 Å². The zero-order valence-electron chi connectivity index (χ0n) is 28.4. The van der Waals surface area contributed by atoms with Crippen LogP contribution < -0.4 is 9.47 Å². The fourth-order valence-electron chi connectivity index (χ4n) is 8.34. The summed E-state index contributed by atoms with van der Waals surface area (Å²) in [5.41, 5.74) is -2.02. The second-order valence-corrected chi connectivity index (χ2v) is 14.8. The van der Waals surface area contributed by atoms with Crippen LogP contribution in [-0.4, -0.2) is 50.7 Å². The molecule has 7 rings (SSSR count). The van der Waals surface area contributed by atoms with E-state index in [0.717, 1.165) is 11.1 Å². The number of phenols is 1. The summed E-state index contributed by atoms with van der Waals surface area (Å²) in [7, 11) is 0. The lowest BCUT2D eigenvalue weighted by Crippen LogP contribution is -2.72. The molecule has 3 aliphatic heterocycles. The van der Waals surface area contributed by atoms with Gasteiger partial charge in [0, 0.05) is 35.5 Å². The van der Waals surface area contributed by atoms with Crippen molar-refractivity contribution in [2.24, 2.45) is 11.8 Å². The van der Waals surface area contributed by atoms with Gasteiger partial charge < -0.3 is 29.2 Å². The number of carbonyl (C=O) groups is 3. The summed E-state index contributed by atoms with van der Waals surface area (Å²) in [6, 6.07) is 0. The highest BCUT2D eigenvalue weighted by molar-refractivity contribution is 6.19. The Balaban J connectivity index is 1.60. The largest absolute Gasteiger partial charge is 0.507 e. The Morgan fingerprint density at radius 3 is 2.32 bits per heavy atom. The molecular weight excluding hydrogens is 600 g/mol. The van der Waals surface area contributed by atoms with Crippen LogP contribution in [-0.2, 0) is 25.5 Å². The van der Waals surface area contributed by atoms with Crippen LogP contribution in [0.2, 0.25) is 0 Å². The van der Waals surface area contributed by atoms with E-state index in [9.17, 15) is 24.6 Å². The maximum atomic E-state index is 14.8. The highest BCUT2D eigenvalue weighted by Gasteiger charge is 2.81. The lowest BCUT2D eigenvalue weighted by atomic mass is 9.51. The Labute approximate surface area is 275 Å². The van der Waals surface area contributed by atoms with Gasteiger partial charge in [-0.3, -0.25) is 14.4 Å². The number of ketones is 2. The van der Waals surface area contributed by atoms with E-state index in [4.69, 9.17) is 18.9 Å². The van der Waals surface area contributed by atoms with Crippen molar-refractivity contribution in [3.8, 4) is 17.2 Å². The Bertz CT molecular complexity index is 1750. The first-order chi connectivity index (χ1) is 22.0. The molecule has 1 aromatic rings. The third-order valence-electron chi connectivity index (χ3n) is 10.4. The number of hydrogen-bond acceptors (Lipinski definition) is 9. The van der Waals surface area contributed by atoms with Crippen molar-refractivity contribution in [3.05, 3.63) is 69.5 Å². The smallest absolute Gasteiger partial charge is 0.298 e. The summed E-state index contributed by atoms with van der Waals surface area (Å²) in [5.74, 6) is -1.63. The van der Waals surface area contributed by atoms with E-state index >= 15 is 0 Å². The van der Waals surface area contributed by atoms with Crippen molar-refractivity contribution >= 4 is 23.8 Å².